The van der Waals surface area contributed by atoms with E-state index in [1.54, 1.807) is 36.7 Å². The lowest BCUT2D eigenvalue weighted by Gasteiger charge is -2.05. The highest BCUT2D eigenvalue weighted by atomic mass is 35.5. The summed E-state index contributed by atoms with van der Waals surface area (Å²) in [5.41, 5.74) is 6.46. The van der Waals surface area contributed by atoms with Gasteiger partial charge in [-0.25, -0.2) is 24.0 Å². The molecule has 0 aliphatic heterocycles. The van der Waals surface area contributed by atoms with Crippen molar-refractivity contribution in [3.05, 3.63) is 59.9 Å². The van der Waals surface area contributed by atoms with Gasteiger partial charge in [0.2, 0.25) is 0 Å². The van der Waals surface area contributed by atoms with Crippen LogP contribution in [0, 0.1) is 5.82 Å². The van der Waals surface area contributed by atoms with E-state index in [-0.39, 0.29) is 10.7 Å². The van der Waals surface area contributed by atoms with Gasteiger partial charge in [0, 0.05) is 18.5 Å². The molecule has 4 aromatic rings. The van der Waals surface area contributed by atoms with Crippen LogP contribution in [0.3, 0.4) is 0 Å². The van der Waals surface area contributed by atoms with Crippen LogP contribution < -0.4 is 11.1 Å². The summed E-state index contributed by atoms with van der Waals surface area (Å²) < 4.78 is 15.5. The average molecular weight is 356 g/mol. The van der Waals surface area contributed by atoms with Crippen LogP contribution in [0.15, 0.2) is 49.1 Å². The summed E-state index contributed by atoms with van der Waals surface area (Å²) in [5, 5.41) is 8.38. The number of rotatable bonds is 3. The van der Waals surface area contributed by atoms with E-state index in [0.717, 1.165) is 0 Å². The highest BCUT2D eigenvalue weighted by molar-refractivity contribution is 6.32. The number of aromatic nitrogens is 5. The first-order chi connectivity index (χ1) is 12.1. The molecule has 0 fully saturated rings. The number of nitrogens with one attached hydrogen (secondary N) is 1. The summed E-state index contributed by atoms with van der Waals surface area (Å²) in [7, 11) is 0. The minimum atomic E-state index is -0.466. The number of hydrogen-bond acceptors (Lipinski definition) is 6. The van der Waals surface area contributed by atoms with Crippen LogP contribution >= 0.6 is 11.6 Å². The third-order valence-corrected chi connectivity index (χ3v) is 3.84. The third-order valence-electron chi connectivity index (χ3n) is 3.54. The predicted molar refractivity (Wildman–Crippen MR) is 93.6 cm³/mol. The highest BCUT2D eigenvalue weighted by Crippen LogP contribution is 2.28. The van der Waals surface area contributed by atoms with Crippen molar-refractivity contribution in [2.24, 2.45) is 0 Å². The monoisotopic (exact) mass is 355 g/mol. The van der Waals surface area contributed by atoms with E-state index in [1.165, 1.54) is 17.1 Å². The Balaban J connectivity index is 1.82. The molecule has 0 aliphatic rings. The predicted octanol–water partition coefficient (Wildman–Crippen LogP) is 3.33. The van der Waals surface area contributed by atoms with Crippen LogP contribution in [0.1, 0.15) is 0 Å². The molecule has 7 nitrogen and oxygen atoms in total. The average Bonchev–Trinajstić information content (AvgIpc) is 2.99. The lowest BCUT2D eigenvalue weighted by atomic mass is 10.3. The fraction of sp³-hybridized carbons (Fsp3) is 0. The quantitative estimate of drug-likeness (QED) is 0.585. The Labute approximate surface area is 146 Å². The fourth-order valence-corrected chi connectivity index (χ4v) is 2.68. The summed E-state index contributed by atoms with van der Waals surface area (Å²) >= 11 is 6.12. The van der Waals surface area contributed by atoms with Crippen molar-refractivity contribution in [3.63, 3.8) is 0 Å². The van der Waals surface area contributed by atoms with Gasteiger partial charge in [-0.05, 0) is 18.2 Å². The smallest absolute Gasteiger partial charge is 0.150 e. The number of nitrogens with zero attached hydrogens (tertiary/aromatic N) is 5. The number of nitrogens with two attached hydrogens (primary N) is 1. The molecule has 0 spiro atoms. The first kappa shape index (κ1) is 15.3. The van der Waals surface area contributed by atoms with E-state index in [0.29, 0.717) is 28.4 Å². The normalized spacial score (nSPS) is 11.0. The third kappa shape index (κ3) is 2.83. The Morgan fingerprint density at radius 1 is 1.16 bits per heavy atom. The van der Waals surface area contributed by atoms with Crippen molar-refractivity contribution in [1.82, 2.24) is 24.7 Å². The molecule has 0 amide bonds. The zero-order chi connectivity index (χ0) is 17.4. The van der Waals surface area contributed by atoms with Gasteiger partial charge in [-0.2, -0.15) is 5.10 Å². The summed E-state index contributed by atoms with van der Waals surface area (Å²) in [4.78, 5) is 12.2. The number of hydrogen-bond donors (Lipinski definition) is 2. The number of anilines is 3. The maximum Gasteiger partial charge on any atom is 0.150 e. The van der Waals surface area contributed by atoms with E-state index >= 15 is 0 Å². The first-order valence-corrected chi connectivity index (χ1v) is 7.63. The lowest BCUT2D eigenvalue weighted by Crippen LogP contribution is -1.99. The minimum absolute atomic E-state index is 0.178. The van der Waals surface area contributed by atoms with Crippen molar-refractivity contribution >= 4 is 40.0 Å². The van der Waals surface area contributed by atoms with Crippen molar-refractivity contribution in [2.75, 3.05) is 11.1 Å². The molecule has 0 saturated carbocycles. The molecule has 3 heterocycles. The van der Waals surface area contributed by atoms with Crippen LogP contribution in [0.4, 0.5) is 21.8 Å². The molecule has 25 heavy (non-hydrogen) atoms. The molecule has 0 bridgehead atoms. The van der Waals surface area contributed by atoms with Gasteiger partial charge in [0.05, 0.1) is 15.9 Å². The molecule has 9 heteroatoms. The Hall–Kier alpha value is -3.26. The van der Waals surface area contributed by atoms with Crippen molar-refractivity contribution < 1.29 is 4.39 Å². The molecule has 0 unspecified atom stereocenters. The summed E-state index contributed by atoms with van der Waals surface area (Å²) in [6.45, 7) is 0. The number of benzene rings is 1. The van der Waals surface area contributed by atoms with Gasteiger partial charge in [-0.3, -0.25) is 0 Å². The summed E-state index contributed by atoms with van der Waals surface area (Å²) in [6, 6.07) is 7.78. The topological polar surface area (TPSA) is 94.5 Å². The number of para-hydroxylation sites is 1. The molecule has 0 aliphatic carbocycles. The van der Waals surface area contributed by atoms with Crippen LogP contribution in [0.5, 0.6) is 0 Å². The Morgan fingerprint density at radius 2 is 2.04 bits per heavy atom. The van der Waals surface area contributed by atoms with Gasteiger partial charge in [0.25, 0.3) is 0 Å². The SMILES string of the molecule is Nc1cc(Nc2nccc3nn(-c4c(F)cccc4Cl)cc23)ncn1. The van der Waals surface area contributed by atoms with Crippen molar-refractivity contribution in [2.45, 2.75) is 0 Å². The zero-order valence-electron chi connectivity index (χ0n) is 12.7. The van der Waals surface area contributed by atoms with Crippen molar-refractivity contribution in [3.8, 4) is 5.69 Å². The molecule has 4 rings (SSSR count). The van der Waals surface area contributed by atoms with E-state index < -0.39 is 5.82 Å². The maximum absolute atomic E-state index is 14.1. The number of pyridine rings is 1. The Kier molecular flexibility index (Phi) is 3.66. The molecular weight excluding hydrogens is 345 g/mol. The van der Waals surface area contributed by atoms with Gasteiger partial charge < -0.3 is 11.1 Å². The first-order valence-electron chi connectivity index (χ1n) is 7.25. The van der Waals surface area contributed by atoms with Crippen LogP contribution in [-0.4, -0.2) is 24.7 Å². The molecule has 3 N–H and O–H groups in total. The zero-order valence-corrected chi connectivity index (χ0v) is 13.4. The standard InChI is InChI=1S/C16H11ClFN7/c17-10-2-1-3-11(18)15(10)25-7-9-12(24-25)4-5-20-16(9)23-14-6-13(19)21-8-22-14/h1-8H,(H3,19,20,21,22,23). The van der Waals surface area contributed by atoms with E-state index in [1.807, 2.05) is 0 Å². The highest BCUT2D eigenvalue weighted by Gasteiger charge is 2.14. The second-order valence-electron chi connectivity index (χ2n) is 5.19. The molecule has 124 valence electrons. The van der Waals surface area contributed by atoms with Gasteiger partial charge >= 0.3 is 0 Å². The molecule has 0 saturated heterocycles. The lowest BCUT2D eigenvalue weighted by molar-refractivity contribution is 0.612. The molecule has 0 radical (unpaired) electrons. The van der Waals surface area contributed by atoms with Gasteiger partial charge in [0.15, 0.2) is 0 Å². The molecule has 3 aromatic heterocycles. The number of nitrogen functional groups attached to an aromatic ring is 1. The van der Waals surface area contributed by atoms with E-state index in [4.69, 9.17) is 17.3 Å². The number of fused-ring (bicyclic) bond motifs is 1. The molecular formula is C16H11ClFN7. The van der Waals surface area contributed by atoms with Gasteiger partial charge in [-0.15, -0.1) is 0 Å². The summed E-state index contributed by atoms with van der Waals surface area (Å²) in [5.74, 6) is 0.864. The molecule has 0 atom stereocenters. The second kappa shape index (κ2) is 5.99. The second-order valence-corrected chi connectivity index (χ2v) is 5.60. The Morgan fingerprint density at radius 3 is 2.84 bits per heavy atom. The Bertz CT molecular complexity index is 1060. The largest absolute Gasteiger partial charge is 0.384 e. The van der Waals surface area contributed by atoms with Crippen LogP contribution in [0.25, 0.3) is 16.6 Å². The van der Waals surface area contributed by atoms with Crippen molar-refractivity contribution in [1.29, 1.82) is 0 Å². The number of halogens is 2. The fourth-order valence-electron chi connectivity index (χ4n) is 2.43. The minimum Gasteiger partial charge on any atom is -0.384 e. The van der Waals surface area contributed by atoms with Gasteiger partial charge in [-0.1, -0.05) is 17.7 Å². The summed E-state index contributed by atoms with van der Waals surface area (Å²) in [6.07, 6.45) is 4.59. The van der Waals surface area contributed by atoms with Gasteiger partial charge in [0.1, 0.15) is 35.3 Å². The van der Waals surface area contributed by atoms with E-state index in [2.05, 4.69) is 25.4 Å². The maximum atomic E-state index is 14.1. The molecule has 1 aromatic carbocycles. The van der Waals surface area contributed by atoms with E-state index in [9.17, 15) is 4.39 Å². The van der Waals surface area contributed by atoms with Crippen LogP contribution in [-0.2, 0) is 0 Å². The van der Waals surface area contributed by atoms with Crippen LogP contribution in [0.2, 0.25) is 5.02 Å².